The molecule has 3 nitrogen and oxygen atoms in total. The third-order valence-corrected chi connectivity index (χ3v) is 3.78. The van der Waals surface area contributed by atoms with Gasteiger partial charge in [0.1, 0.15) is 11.5 Å². The van der Waals surface area contributed by atoms with Crippen molar-refractivity contribution in [2.45, 2.75) is 51.0 Å². The standard InChI is InChI=1S/C16H25NO2/c1-18-15-8-9-16(13(12-15)10-11-17)19-14-6-4-2-3-5-7-14/h8-9,12,14H,2-7,10-11,17H2,1H3. The van der Waals surface area contributed by atoms with Crippen LogP contribution in [0.5, 0.6) is 11.5 Å². The molecule has 0 unspecified atom stereocenters. The van der Waals surface area contributed by atoms with Crippen LogP contribution in [0.25, 0.3) is 0 Å². The smallest absolute Gasteiger partial charge is 0.123 e. The van der Waals surface area contributed by atoms with E-state index in [2.05, 4.69) is 0 Å². The maximum atomic E-state index is 6.21. The van der Waals surface area contributed by atoms with Crippen LogP contribution in [0, 0.1) is 0 Å². The van der Waals surface area contributed by atoms with Crippen LogP contribution in [-0.4, -0.2) is 19.8 Å². The SMILES string of the molecule is COc1ccc(OC2CCCCCC2)c(CCN)c1. The lowest BCUT2D eigenvalue weighted by molar-refractivity contribution is 0.182. The molecule has 1 aromatic carbocycles. The van der Waals surface area contributed by atoms with E-state index in [1.54, 1.807) is 7.11 Å². The average molecular weight is 263 g/mol. The maximum absolute atomic E-state index is 6.21. The summed E-state index contributed by atoms with van der Waals surface area (Å²) < 4.78 is 11.5. The summed E-state index contributed by atoms with van der Waals surface area (Å²) in [4.78, 5) is 0. The number of hydrogen-bond donors (Lipinski definition) is 1. The second kappa shape index (κ2) is 7.39. The van der Waals surface area contributed by atoms with Crippen molar-refractivity contribution >= 4 is 0 Å². The minimum absolute atomic E-state index is 0.368. The minimum atomic E-state index is 0.368. The average Bonchev–Trinajstić information content (AvgIpc) is 2.69. The largest absolute Gasteiger partial charge is 0.497 e. The van der Waals surface area contributed by atoms with Gasteiger partial charge in [-0.2, -0.15) is 0 Å². The molecule has 3 heteroatoms. The first-order valence-electron chi connectivity index (χ1n) is 7.37. The van der Waals surface area contributed by atoms with Crippen LogP contribution < -0.4 is 15.2 Å². The Hall–Kier alpha value is -1.22. The van der Waals surface area contributed by atoms with Crippen molar-refractivity contribution < 1.29 is 9.47 Å². The fourth-order valence-corrected chi connectivity index (χ4v) is 2.69. The predicted molar refractivity (Wildman–Crippen MR) is 77.9 cm³/mol. The first-order chi connectivity index (χ1) is 9.33. The Morgan fingerprint density at radius 3 is 2.53 bits per heavy atom. The summed E-state index contributed by atoms with van der Waals surface area (Å²) in [6.45, 7) is 0.633. The molecule has 0 radical (unpaired) electrons. The van der Waals surface area contributed by atoms with E-state index in [4.69, 9.17) is 15.2 Å². The Balaban J connectivity index is 2.08. The summed E-state index contributed by atoms with van der Waals surface area (Å²) in [5.74, 6) is 1.86. The molecule has 0 spiro atoms. The summed E-state index contributed by atoms with van der Waals surface area (Å²) in [5.41, 5.74) is 6.84. The quantitative estimate of drug-likeness (QED) is 0.829. The summed E-state index contributed by atoms with van der Waals surface area (Å²) in [5, 5.41) is 0. The van der Waals surface area contributed by atoms with Gasteiger partial charge in [0.25, 0.3) is 0 Å². The molecular formula is C16H25NO2. The van der Waals surface area contributed by atoms with Crippen molar-refractivity contribution in [1.29, 1.82) is 0 Å². The molecule has 0 aromatic heterocycles. The normalized spacial score (nSPS) is 16.9. The van der Waals surface area contributed by atoms with Crippen molar-refractivity contribution in [2.75, 3.05) is 13.7 Å². The van der Waals surface area contributed by atoms with Gasteiger partial charge in [-0.05, 0) is 62.4 Å². The van der Waals surface area contributed by atoms with Gasteiger partial charge in [-0.25, -0.2) is 0 Å². The fraction of sp³-hybridized carbons (Fsp3) is 0.625. The Kier molecular flexibility index (Phi) is 5.52. The zero-order chi connectivity index (χ0) is 13.5. The number of nitrogens with two attached hydrogens (primary N) is 1. The summed E-state index contributed by atoms with van der Waals surface area (Å²) in [7, 11) is 1.69. The van der Waals surface area contributed by atoms with Crippen LogP contribution in [0.3, 0.4) is 0 Å². The zero-order valence-electron chi connectivity index (χ0n) is 11.9. The van der Waals surface area contributed by atoms with Gasteiger partial charge >= 0.3 is 0 Å². The van der Waals surface area contributed by atoms with E-state index in [1.165, 1.54) is 38.5 Å². The zero-order valence-corrected chi connectivity index (χ0v) is 11.9. The lowest BCUT2D eigenvalue weighted by Crippen LogP contribution is -2.16. The monoisotopic (exact) mass is 263 g/mol. The van der Waals surface area contributed by atoms with Gasteiger partial charge in [-0.1, -0.05) is 12.8 Å². The predicted octanol–water partition coefficient (Wildman–Crippen LogP) is 3.30. The van der Waals surface area contributed by atoms with Gasteiger partial charge in [0, 0.05) is 0 Å². The Morgan fingerprint density at radius 2 is 1.89 bits per heavy atom. The topological polar surface area (TPSA) is 44.5 Å². The van der Waals surface area contributed by atoms with Crippen molar-refractivity contribution in [2.24, 2.45) is 5.73 Å². The molecule has 0 bridgehead atoms. The van der Waals surface area contributed by atoms with Crippen LogP contribution in [0.15, 0.2) is 18.2 Å². The highest BCUT2D eigenvalue weighted by molar-refractivity contribution is 5.40. The number of benzene rings is 1. The van der Waals surface area contributed by atoms with Crippen molar-refractivity contribution in [3.8, 4) is 11.5 Å². The molecular weight excluding hydrogens is 238 g/mol. The molecule has 0 heterocycles. The molecule has 1 aromatic rings. The van der Waals surface area contributed by atoms with Crippen molar-refractivity contribution in [3.05, 3.63) is 23.8 Å². The van der Waals surface area contributed by atoms with Crippen LogP contribution in [0.2, 0.25) is 0 Å². The Bertz CT molecular complexity index is 384. The van der Waals surface area contributed by atoms with E-state index in [9.17, 15) is 0 Å². The first kappa shape index (κ1) is 14.2. The van der Waals surface area contributed by atoms with Gasteiger partial charge in [-0.15, -0.1) is 0 Å². The molecule has 2 N–H and O–H groups in total. The van der Waals surface area contributed by atoms with E-state index in [-0.39, 0.29) is 0 Å². The van der Waals surface area contributed by atoms with Gasteiger partial charge in [0.2, 0.25) is 0 Å². The number of ether oxygens (including phenoxy) is 2. The highest BCUT2D eigenvalue weighted by atomic mass is 16.5. The maximum Gasteiger partial charge on any atom is 0.123 e. The third kappa shape index (κ3) is 4.13. The van der Waals surface area contributed by atoms with E-state index in [0.717, 1.165) is 23.5 Å². The second-order valence-electron chi connectivity index (χ2n) is 5.24. The van der Waals surface area contributed by atoms with Gasteiger partial charge in [0.05, 0.1) is 13.2 Å². The molecule has 106 valence electrons. The van der Waals surface area contributed by atoms with E-state index < -0.39 is 0 Å². The van der Waals surface area contributed by atoms with Crippen LogP contribution in [0.1, 0.15) is 44.1 Å². The van der Waals surface area contributed by atoms with Crippen molar-refractivity contribution in [1.82, 2.24) is 0 Å². The van der Waals surface area contributed by atoms with Crippen molar-refractivity contribution in [3.63, 3.8) is 0 Å². The minimum Gasteiger partial charge on any atom is -0.497 e. The summed E-state index contributed by atoms with van der Waals surface area (Å²) in [6.07, 6.45) is 8.81. The van der Waals surface area contributed by atoms with E-state index >= 15 is 0 Å². The van der Waals surface area contributed by atoms with Gasteiger partial charge in [-0.3, -0.25) is 0 Å². The fourth-order valence-electron chi connectivity index (χ4n) is 2.69. The Morgan fingerprint density at radius 1 is 1.16 bits per heavy atom. The van der Waals surface area contributed by atoms with E-state index in [0.29, 0.717) is 12.6 Å². The molecule has 0 aliphatic heterocycles. The molecule has 1 saturated carbocycles. The molecule has 0 saturated heterocycles. The lowest BCUT2D eigenvalue weighted by atomic mass is 10.1. The highest BCUT2D eigenvalue weighted by Gasteiger charge is 2.15. The number of methoxy groups -OCH3 is 1. The van der Waals surface area contributed by atoms with Gasteiger partial charge < -0.3 is 15.2 Å². The molecule has 19 heavy (non-hydrogen) atoms. The first-order valence-corrected chi connectivity index (χ1v) is 7.37. The molecule has 0 amide bonds. The highest BCUT2D eigenvalue weighted by Crippen LogP contribution is 2.28. The van der Waals surface area contributed by atoms with E-state index in [1.807, 2.05) is 18.2 Å². The molecule has 0 atom stereocenters. The van der Waals surface area contributed by atoms with Gasteiger partial charge in [0.15, 0.2) is 0 Å². The molecule has 1 fully saturated rings. The van der Waals surface area contributed by atoms with Crippen LogP contribution in [-0.2, 0) is 6.42 Å². The molecule has 2 rings (SSSR count). The number of rotatable bonds is 5. The third-order valence-electron chi connectivity index (χ3n) is 3.78. The number of hydrogen-bond acceptors (Lipinski definition) is 3. The summed E-state index contributed by atoms with van der Waals surface area (Å²) in [6, 6.07) is 6.03. The molecule has 1 aliphatic carbocycles. The molecule has 1 aliphatic rings. The van der Waals surface area contributed by atoms with Crippen LogP contribution >= 0.6 is 0 Å². The Labute approximate surface area is 116 Å². The summed E-state index contributed by atoms with van der Waals surface area (Å²) >= 11 is 0. The lowest BCUT2D eigenvalue weighted by Gasteiger charge is -2.20. The van der Waals surface area contributed by atoms with Crippen LogP contribution in [0.4, 0.5) is 0 Å². The second-order valence-corrected chi connectivity index (χ2v) is 5.24.